The largest absolute Gasteiger partial charge is 0.478 e. The monoisotopic (exact) mass is 392 g/mol. The highest BCUT2D eigenvalue weighted by molar-refractivity contribution is 7.41. The average molecular weight is 392 g/mol. The van der Waals surface area contributed by atoms with Crippen molar-refractivity contribution in [3.8, 4) is 22.0 Å². The normalized spacial score (nSPS) is 12.6. The van der Waals surface area contributed by atoms with Crippen LogP contribution in [0.2, 0.25) is 0 Å². The second-order valence-electron chi connectivity index (χ2n) is 7.62. The van der Waals surface area contributed by atoms with E-state index in [-0.39, 0.29) is 0 Å². The van der Waals surface area contributed by atoms with Gasteiger partial charge in [0.25, 0.3) is 0 Å². The Hall–Kier alpha value is -3.35. The van der Waals surface area contributed by atoms with E-state index < -0.39 is 5.97 Å². The molecule has 1 unspecified atom stereocenters. The van der Waals surface area contributed by atoms with E-state index >= 15 is 0 Å². The van der Waals surface area contributed by atoms with Gasteiger partial charge in [0.2, 0.25) is 0 Å². The number of carboxylic acid groups (broad SMARTS) is 1. The van der Waals surface area contributed by atoms with Crippen LogP contribution in [0.4, 0.5) is 0 Å². The van der Waals surface area contributed by atoms with E-state index in [0.29, 0.717) is 13.8 Å². The molecule has 0 amide bonds. The van der Waals surface area contributed by atoms with Crippen LogP contribution >= 0.6 is 8.19 Å². The third-order valence-electron chi connectivity index (χ3n) is 5.99. The van der Waals surface area contributed by atoms with E-state index in [1.54, 1.807) is 12.1 Å². The molecule has 0 saturated heterocycles. The van der Waals surface area contributed by atoms with Crippen LogP contribution in [0, 0.1) is 0 Å². The second kappa shape index (κ2) is 6.07. The number of carbonyl (C=O) groups is 1. The van der Waals surface area contributed by atoms with Crippen molar-refractivity contribution < 1.29 is 9.90 Å². The quantitative estimate of drug-likeness (QED) is 0.346. The summed E-state index contributed by atoms with van der Waals surface area (Å²) in [5.74, 6) is -0.890. The lowest BCUT2D eigenvalue weighted by molar-refractivity contribution is 0.0697. The van der Waals surface area contributed by atoms with Crippen LogP contribution in [0.25, 0.3) is 43.3 Å². The molecule has 0 aliphatic heterocycles. The molecule has 5 aromatic rings. The highest BCUT2D eigenvalue weighted by atomic mass is 31.0. The van der Waals surface area contributed by atoms with Gasteiger partial charge in [-0.05, 0) is 62.5 Å². The molecular formula is C26H17O2P. The van der Waals surface area contributed by atoms with E-state index in [0.717, 1.165) is 17.5 Å². The zero-order valence-electron chi connectivity index (χ0n) is 15.6. The first-order chi connectivity index (χ1) is 14.2. The molecule has 0 bridgehead atoms. The molecule has 1 aliphatic carbocycles. The van der Waals surface area contributed by atoms with Gasteiger partial charge < -0.3 is 5.11 Å². The first-order valence-electron chi connectivity index (χ1n) is 9.68. The third kappa shape index (κ3) is 2.46. The summed E-state index contributed by atoms with van der Waals surface area (Å²) >= 11 is 0. The standard InChI is InChI=1S/C26H17O2P/c27-26(28)18-6-3-5-16(12-18)17-9-10-21-19(13-17)14-23-22-11-8-15-4-1-2-7-20(15)24(22)29-25(21)23/h1-13,29H,14H2,(H,27,28). The third-order valence-corrected chi connectivity index (χ3v) is 7.60. The van der Waals surface area contributed by atoms with Gasteiger partial charge in [-0.3, -0.25) is 0 Å². The highest BCUT2D eigenvalue weighted by Gasteiger charge is 2.23. The molecule has 1 N–H and O–H groups in total. The summed E-state index contributed by atoms with van der Waals surface area (Å²) in [5, 5.41) is 16.3. The lowest BCUT2D eigenvalue weighted by Gasteiger charge is -2.07. The molecule has 1 aromatic heterocycles. The molecular weight excluding hydrogens is 375 g/mol. The minimum Gasteiger partial charge on any atom is -0.478 e. The summed E-state index contributed by atoms with van der Waals surface area (Å²) in [6.45, 7) is 0. The first-order valence-corrected chi connectivity index (χ1v) is 10.7. The summed E-state index contributed by atoms with van der Waals surface area (Å²) in [6, 6.07) is 26.9. The van der Waals surface area contributed by atoms with Crippen LogP contribution in [0.3, 0.4) is 0 Å². The Morgan fingerprint density at radius 1 is 0.828 bits per heavy atom. The predicted molar refractivity (Wildman–Crippen MR) is 122 cm³/mol. The molecule has 0 fully saturated rings. The number of hydrogen-bond acceptors (Lipinski definition) is 1. The average Bonchev–Trinajstić information content (AvgIpc) is 3.29. The Kier molecular flexibility index (Phi) is 3.47. The maximum absolute atomic E-state index is 11.3. The predicted octanol–water partition coefficient (Wildman–Crippen LogP) is 6.96. The summed E-state index contributed by atoms with van der Waals surface area (Å²) in [5.41, 5.74) is 6.53. The lowest BCUT2D eigenvalue weighted by atomic mass is 9.99. The Balaban J connectivity index is 1.49. The van der Waals surface area contributed by atoms with Crippen molar-refractivity contribution in [2.75, 3.05) is 0 Å². The van der Waals surface area contributed by atoms with Gasteiger partial charge in [-0.15, -0.1) is 8.19 Å². The molecule has 0 spiro atoms. The number of aromatic carboxylic acids is 1. The van der Waals surface area contributed by atoms with Gasteiger partial charge in [0.1, 0.15) is 0 Å². The molecule has 29 heavy (non-hydrogen) atoms. The van der Waals surface area contributed by atoms with Gasteiger partial charge in [0.15, 0.2) is 0 Å². The molecule has 1 aliphatic rings. The Bertz CT molecular complexity index is 1460. The second-order valence-corrected chi connectivity index (χ2v) is 8.87. The van der Waals surface area contributed by atoms with E-state index in [4.69, 9.17) is 0 Å². The molecule has 1 atom stereocenters. The molecule has 1 heterocycles. The molecule has 3 heteroatoms. The minimum atomic E-state index is -0.890. The van der Waals surface area contributed by atoms with Crippen LogP contribution < -0.4 is 0 Å². The summed E-state index contributed by atoms with van der Waals surface area (Å²) < 4.78 is 0. The number of rotatable bonds is 2. The van der Waals surface area contributed by atoms with E-state index in [1.807, 2.05) is 12.1 Å². The topological polar surface area (TPSA) is 37.3 Å². The first kappa shape index (κ1) is 16.6. The summed E-state index contributed by atoms with van der Waals surface area (Å²) in [6.07, 6.45) is 0.954. The fourth-order valence-electron chi connectivity index (χ4n) is 4.59. The van der Waals surface area contributed by atoms with E-state index in [2.05, 4.69) is 54.6 Å². The number of carboxylic acids is 1. The molecule has 138 valence electrons. The van der Waals surface area contributed by atoms with Crippen LogP contribution in [0.1, 0.15) is 21.5 Å². The van der Waals surface area contributed by atoms with Crippen LogP contribution in [-0.2, 0) is 6.42 Å². The SMILES string of the molecule is O=C(O)c1cccc(-c2ccc3c(c2)Cc2c-3[pH]c3c2ccc2ccccc23)c1. The zero-order valence-corrected chi connectivity index (χ0v) is 16.6. The van der Waals surface area contributed by atoms with Crippen LogP contribution in [-0.4, -0.2) is 11.1 Å². The van der Waals surface area contributed by atoms with Crippen molar-refractivity contribution in [1.82, 2.24) is 0 Å². The van der Waals surface area contributed by atoms with Gasteiger partial charge >= 0.3 is 5.97 Å². The van der Waals surface area contributed by atoms with Gasteiger partial charge in [0.05, 0.1) is 5.56 Å². The summed E-state index contributed by atoms with van der Waals surface area (Å²) in [7, 11) is 0.694. The van der Waals surface area contributed by atoms with E-state index in [9.17, 15) is 9.90 Å². The maximum atomic E-state index is 11.3. The fourth-order valence-corrected chi connectivity index (χ4v) is 6.33. The smallest absolute Gasteiger partial charge is 0.335 e. The zero-order chi connectivity index (χ0) is 19.5. The fraction of sp³-hybridized carbons (Fsp3) is 0.0385. The van der Waals surface area contributed by atoms with Gasteiger partial charge in [-0.25, -0.2) is 4.79 Å². The molecule has 6 rings (SSSR count). The Labute approximate surface area is 169 Å². The van der Waals surface area contributed by atoms with Gasteiger partial charge in [0, 0.05) is 10.4 Å². The Morgan fingerprint density at radius 2 is 1.69 bits per heavy atom. The molecule has 4 aromatic carbocycles. The van der Waals surface area contributed by atoms with Crippen molar-refractivity contribution in [2.24, 2.45) is 0 Å². The van der Waals surface area contributed by atoms with Gasteiger partial charge in [-0.2, -0.15) is 0 Å². The van der Waals surface area contributed by atoms with Crippen molar-refractivity contribution in [3.05, 3.63) is 95.6 Å². The molecule has 0 radical (unpaired) electrons. The Morgan fingerprint density at radius 3 is 2.59 bits per heavy atom. The molecule has 2 nitrogen and oxygen atoms in total. The highest BCUT2D eigenvalue weighted by Crippen LogP contribution is 2.51. The van der Waals surface area contributed by atoms with Crippen molar-refractivity contribution >= 4 is 35.4 Å². The van der Waals surface area contributed by atoms with Crippen molar-refractivity contribution in [2.45, 2.75) is 6.42 Å². The minimum absolute atomic E-state index is 0.325. The summed E-state index contributed by atoms with van der Waals surface area (Å²) in [4.78, 5) is 11.3. The maximum Gasteiger partial charge on any atom is 0.335 e. The van der Waals surface area contributed by atoms with Crippen LogP contribution in [0.15, 0.2) is 78.9 Å². The van der Waals surface area contributed by atoms with E-state index in [1.165, 1.54) is 43.3 Å². The number of benzene rings is 4. The lowest BCUT2D eigenvalue weighted by Crippen LogP contribution is -1.95. The van der Waals surface area contributed by atoms with Gasteiger partial charge in [-0.1, -0.05) is 66.7 Å². The number of hydrogen-bond donors (Lipinski definition) is 1. The van der Waals surface area contributed by atoms with Crippen molar-refractivity contribution in [3.63, 3.8) is 0 Å². The number of fused-ring (bicyclic) bond motifs is 7. The molecule has 0 saturated carbocycles. The van der Waals surface area contributed by atoms with Crippen LogP contribution in [0.5, 0.6) is 0 Å². The van der Waals surface area contributed by atoms with Crippen molar-refractivity contribution in [1.29, 1.82) is 0 Å².